The number of pyridine rings is 1. The Kier molecular flexibility index (Phi) is 6.44. The van der Waals surface area contributed by atoms with Crippen molar-refractivity contribution in [1.29, 1.82) is 0 Å². The third kappa shape index (κ3) is 4.80. The summed E-state index contributed by atoms with van der Waals surface area (Å²) in [5, 5.41) is 6.41. The lowest BCUT2D eigenvalue weighted by Crippen LogP contribution is -2.35. The standard InChI is InChI=1S/C25H25F2N5O4S/c1-14-10-15-4-3-5-19(15)23(22(14)16-6-8-28-20(13-16)36-2)29-25(33)31-37(34,35)21-7-9-32(30-21)18-11-17(12-18)24(26)27/h6-10,13,18H,3-5,11-12H2,1-2H3,(H2,29,31,33). The first-order valence-electron chi connectivity index (χ1n) is 11.7. The highest BCUT2D eigenvalue weighted by atomic mass is 32.2. The van der Waals surface area contributed by atoms with E-state index in [2.05, 4.69) is 21.5 Å². The van der Waals surface area contributed by atoms with Gasteiger partial charge in [0.2, 0.25) is 5.88 Å². The quantitative estimate of drug-likeness (QED) is 0.476. The molecule has 0 aliphatic heterocycles. The highest BCUT2D eigenvalue weighted by molar-refractivity contribution is 7.90. The van der Waals surface area contributed by atoms with Gasteiger partial charge in [0.05, 0.1) is 18.8 Å². The van der Waals surface area contributed by atoms with Gasteiger partial charge in [0.15, 0.2) is 5.03 Å². The molecule has 0 unspecified atom stereocenters. The maximum Gasteiger partial charge on any atom is 0.333 e. The molecule has 0 atom stereocenters. The second kappa shape index (κ2) is 9.58. The first-order chi connectivity index (χ1) is 17.7. The number of allylic oxidation sites excluding steroid dienone is 1. The minimum Gasteiger partial charge on any atom is -0.481 e. The Morgan fingerprint density at radius 1 is 1.19 bits per heavy atom. The zero-order valence-corrected chi connectivity index (χ0v) is 21.0. The Morgan fingerprint density at radius 3 is 2.70 bits per heavy atom. The van der Waals surface area contributed by atoms with Crippen LogP contribution in [0, 0.1) is 6.92 Å². The maximum atomic E-state index is 13.0. The number of urea groups is 1. The number of nitrogens with one attached hydrogen (secondary N) is 2. The van der Waals surface area contributed by atoms with Crippen molar-refractivity contribution in [2.45, 2.75) is 50.1 Å². The van der Waals surface area contributed by atoms with Gasteiger partial charge in [-0.05, 0) is 79.0 Å². The number of fused-ring (bicyclic) bond motifs is 1. The van der Waals surface area contributed by atoms with Gasteiger partial charge in [0.25, 0.3) is 16.1 Å². The first-order valence-corrected chi connectivity index (χ1v) is 13.2. The molecule has 0 bridgehead atoms. The molecule has 37 heavy (non-hydrogen) atoms. The number of benzene rings is 1. The summed E-state index contributed by atoms with van der Waals surface area (Å²) in [6.07, 6.45) is 4.06. The number of hydrogen-bond donors (Lipinski definition) is 2. The van der Waals surface area contributed by atoms with Gasteiger partial charge in [-0.15, -0.1) is 0 Å². The summed E-state index contributed by atoms with van der Waals surface area (Å²) >= 11 is 0. The molecule has 1 aromatic carbocycles. The van der Waals surface area contributed by atoms with Gasteiger partial charge >= 0.3 is 6.03 Å². The van der Waals surface area contributed by atoms with Gasteiger partial charge in [0.1, 0.15) is 0 Å². The van der Waals surface area contributed by atoms with Gasteiger partial charge < -0.3 is 10.1 Å². The van der Waals surface area contributed by atoms with Crippen molar-refractivity contribution in [3.63, 3.8) is 0 Å². The summed E-state index contributed by atoms with van der Waals surface area (Å²) in [6.45, 7) is 1.93. The Morgan fingerprint density at radius 2 is 1.97 bits per heavy atom. The molecular formula is C25H25F2N5O4S. The van der Waals surface area contributed by atoms with Crippen LogP contribution in [-0.4, -0.2) is 36.3 Å². The molecule has 9 nitrogen and oxygen atoms in total. The SMILES string of the molecule is COc1cc(-c2c(C)cc3c(c2NC(=O)NS(=O)(=O)c2ccn(C4CC(=C(F)F)C4)n2)CCC3)ccn1. The predicted octanol–water partition coefficient (Wildman–Crippen LogP) is 4.75. The fourth-order valence-corrected chi connectivity index (χ4v) is 5.75. The van der Waals surface area contributed by atoms with Crippen LogP contribution in [0.5, 0.6) is 5.88 Å². The lowest BCUT2D eigenvalue weighted by molar-refractivity contribution is 0.256. The molecule has 0 spiro atoms. The van der Waals surface area contributed by atoms with Crippen molar-refractivity contribution in [2.75, 3.05) is 12.4 Å². The molecule has 5 rings (SSSR count). The van der Waals surface area contributed by atoms with E-state index in [1.54, 1.807) is 18.3 Å². The normalized spacial score (nSPS) is 16.6. The average molecular weight is 530 g/mol. The minimum atomic E-state index is -4.30. The number of aromatic nitrogens is 3. The summed E-state index contributed by atoms with van der Waals surface area (Å²) in [4.78, 5) is 17.1. The molecule has 0 radical (unpaired) electrons. The van der Waals surface area contributed by atoms with Gasteiger partial charge in [-0.25, -0.2) is 14.5 Å². The van der Waals surface area contributed by atoms with Crippen LogP contribution in [0.4, 0.5) is 19.3 Å². The number of methoxy groups -OCH3 is 1. The van der Waals surface area contributed by atoms with E-state index in [1.165, 1.54) is 24.1 Å². The van der Waals surface area contributed by atoms with E-state index in [1.807, 2.05) is 11.6 Å². The number of amides is 2. The molecule has 1 saturated carbocycles. The van der Waals surface area contributed by atoms with Gasteiger partial charge in [-0.2, -0.15) is 22.3 Å². The Balaban J connectivity index is 1.40. The minimum absolute atomic E-state index is 0.0377. The number of carbonyl (C=O) groups excluding carboxylic acids is 1. The number of ether oxygens (including phenoxy) is 1. The van der Waals surface area contributed by atoms with E-state index in [0.717, 1.165) is 47.1 Å². The van der Waals surface area contributed by atoms with Gasteiger partial charge in [-0.3, -0.25) is 4.68 Å². The van der Waals surface area contributed by atoms with Crippen molar-refractivity contribution in [1.82, 2.24) is 19.5 Å². The predicted molar refractivity (Wildman–Crippen MR) is 132 cm³/mol. The highest BCUT2D eigenvalue weighted by Crippen LogP contribution is 2.41. The lowest BCUT2D eigenvalue weighted by Gasteiger charge is -2.28. The van der Waals surface area contributed by atoms with Crippen LogP contribution in [0.25, 0.3) is 11.1 Å². The molecule has 3 aromatic rings. The number of halogens is 2. The van der Waals surface area contributed by atoms with Crippen LogP contribution in [-0.2, 0) is 22.9 Å². The van der Waals surface area contributed by atoms with Crippen LogP contribution in [0.15, 0.2) is 53.3 Å². The van der Waals surface area contributed by atoms with Crippen LogP contribution in [0.1, 0.15) is 42.0 Å². The summed E-state index contributed by atoms with van der Waals surface area (Å²) in [5.41, 5.74) is 5.10. The molecular weight excluding hydrogens is 504 g/mol. The van der Waals surface area contributed by atoms with Crippen molar-refractivity contribution >= 4 is 21.7 Å². The van der Waals surface area contributed by atoms with E-state index in [9.17, 15) is 22.0 Å². The van der Waals surface area contributed by atoms with Crippen molar-refractivity contribution in [3.8, 4) is 17.0 Å². The number of hydrogen-bond acceptors (Lipinski definition) is 6. The molecule has 12 heteroatoms. The number of nitrogens with zero attached hydrogens (tertiary/aromatic N) is 3. The second-order valence-corrected chi connectivity index (χ2v) is 10.8. The number of sulfonamides is 1. The summed E-state index contributed by atoms with van der Waals surface area (Å²) in [7, 11) is -2.79. The van der Waals surface area contributed by atoms with E-state index < -0.39 is 22.1 Å². The number of carbonyl (C=O) groups is 1. The summed E-state index contributed by atoms with van der Waals surface area (Å²) < 4.78 is 59.7. The second-order valence-electron chi connectivity index (χ2n) is 9.14. The molecule has 1 fully saturated rings. The Bertz CT molecular complexity index is 1520. The number of rotatable bonds is 6. The van der Waals surface area contributed by atoms with Crippen molar-refractivity contribution in [2.24, 2.45) is 0 Å². The number of anilines is 1. The van der Waals surface area contributed by atoms with Crippen LogP contribution < -0.4 is 14.8 Å². The molecule has 2 N–H and O–H groups in total. The smallest absolute Gasteiger partial charge is 0.333 e. The van der Waals surface area contributed by atoms with Crippen LogP contribution in [0.3, 0.4) is 0 Å². The maximum absolute atomic E-state index is 13.0. The van der Waals surface area contributed by atoms with E-state index >= 15 is 0 Å². The van der Waals surface area contributed by atoms with Crippen LogP contribution >= 0.6 is 0 Å². The molecule has 2 aromatic heterocycles. The summed E-state index contributed by atoms with van der Waals surface area (Å²) in [5.74, 6) is 0.411. The molecule has 194 valence electrons. The fourth-order valence-electron chi connectivity index (χ4n) is 4.91. The zero-order valence-electron chi connectivity index (χ0n) is 20.2. The largest absolute Gasteiger partial charge is 0.481 e. The molecule has 2 aliphatic rings. The third-order valence-electron chi connectivity index (χ3n) is 6.76. The van der Waals surface area contributed by atoms with Gasteiger partial charge in [-0.1, -0.05) is 6.07 Å². The monoisotopic (exact) mass is 529 g/mol. The van der Waals surface area contributed by atoms with E-state index in [0.29, 0.717) is 11.6 Å². The summed E-state index contributed by atoms with van der Waals surface area (Å²) in [6, 6.07) is 5.61. The zero-order chi connectivity index (χ0) is 26.3. The highest BCUT2D eigenvalue weighted by Gasteiger charge is 2.31. The van der Waals surface area contributed by atoms with Crippen LogP contribution in [0.2, 0.25) is 0 Å². The van der Waals surface area contributed by atoms with E-state index in [4.69, 9.17) is 4.74 Å². The Hall–Kier alpha value is -3.80. The molecule has 0 saturated heterocycles. The van der Waals surface area contributed by atoms with Gasteiger partial charge in [0, 0.05) is 24.0 Å². The van der Waals surface area contributed by atoms with Crippen molar-refractivity contribution in [3.05, 3.63) is 65.0 Å². The fraction of sp³-hybridized carbons (Fsp3) is 0.320. The first kappa shape index (κ1) is 24.9. The van der Waals surface area contributed by atoms with E-state index in [-0.39, 0.29) is 29.5 Å². The van der Waals surface area contributed by atoms with Crippen molar-refractivity contribution < 1.29 is 26.7 Å². The Labute approximate surface area is 212 Å². The number of aryl methyl sites for hydroxylation is 2. The average Bonchev–Trinajstić information content (AvgIpc) is 3.48. The molecule has 2 heterocycles. The lowest BCUT2D eigenvalue weighted by atomic mass is 9.87. The third-order valence-corrected chi connectivity index (χ3v) is 7.98. The topological polar surface area (TPSA) is 115 Å². The molecule has 2 amide bonds. The molecule has 2 aliphatic carbocycles.